The average molecular weight is 746 g/mol. The Morgan fingerprint density at radius 1 is 1.04 bits per heavy atom. The molecule has 3 aliphatic rings. The zero-order valence-electron chi connectivity index (χ0n) is 31.1. The van der Waals surface area contributed by atoms with Crippen LogP contribution in [0, 0.1) is 5.82 Å². The lowest BCUT2D eigenvalue weighted by molar-refractivity contribution is -0.132. The van der Waals surface area contributed by atoms with Gasteiger partial charge in [0, 0.05) is 75.1 Å². The maximum Gasteiger partial charge on any atom is 0.245 e. The second-order valence-electron chi connectivity index (χ2n) is 14.5. The van der Waals surface area contributed by atoms with Crippen LogP contribution in [-0.2, 0) is 23.0 Å². The summed E-state index contributed by atoms with van der Waals surface area (Å²) in [6.07, 6.45) is 6.15. The normalized spacial score (nSPS) is 19.4. The van der Waals surface area contributed by atoms with Gasteiger partial charge in [-0.2, -0.15) is 10.2 Å². The maximum atomic E-state index is 15.0. The molecule has 6 aromatic rings. The van der Waals surface area contributed by atoms with Crippen LogP contribution in [0.4, 0.5) is 16.0 Å². The van der Waals surface area contributed by atoms with Gasteiger partial charge < -0.3 is 24.6 Å². The molecule has 0 aliphatic carbocycles. The minimum atomic E-state index is -0.503. The van der Waals surface area contributed by atoms with E-state index in [1.54, 1.807) is 16.9 Å². The van der Waals surface area contributed by atoms with Crippen molar-refractivity contribution in [3.63, 3.8) is 0 Å². The zero-order chi connectivity index (χ0) is 37.5. The molecule has 7 heterocycles. The zero-order valence-corrected chi connectivity index (χ0v) is 31.1. The predicted octanol–water partition coefficient (Wildman–Crippen LogP) is 4.47. The van der Waals surface area contributed by atoms with E-state index in [4.69, 9.17) is 24.5 Å². The summed E-state index contributed by atoms with van der Waals surface area (Å²) in [7, 11) is 3.49. The summed E-state index contributed by atoms with van der Waals surface area (Å²) in [5.41, 5.74) is 5.04. The Balaban J connectivity index is 1.10. The Hall–Kier alpha value is -5.67. The standard InChI is InChI=1S/C40H44FN11O3/c1-48-33-10-5-15-50(16-6-14-49-17-19-55-20-18-49)40(53)34-22-27(45-36-11-4-8-30(46-36)28-7-3-9-31(47-48)37(28)33)24-51(34)38-29-23-44-52(39(29)43-25-42-38)32-13-12-26(41)21-35(32)54-2/h3-4,7-9,11-13,21,23,25,27,34H,5-6,10,14-20,22,24H2,1-2H3,(H,45,46)/t27-,34-/m0/s1. The first-order valence-electron chi connectivity index (χ1n) is 19.0. The fourth-order valence-corrected chi connectivity index (χ4v) is 8.45. The van der Waals surface area contributed by atoms with E-state index >= 15 is 4.79 Å². The highest BCUT2D eigenvalue weighted by molar-refractivity contribution is 5.96. The van der Waals surface area contributed by atoms with Crippen molar-refractivity contribution in [2.75, 3.05) is 69.8 Å². The first-order chi connectivity index (χ1) is 26.9. The van der Waals surface area contributed by atoms with E-state index in [-0.39, 0.29) is 11.9 Å². The molecule has 2 aromatic carbocycles. The highest BCUT2D eigenvalue weighted by atomic mass is 19.1. The van der Waals surface area contributed by atoms with Crippen LogP contribution in [0.15, 0.2) is 67.1 Å². The van der Waals surface area contributed by atoms with Gasteiger partial charge in [-0.05, 0) is 56.0 Å². The Bertz CT molecular complexity index is 2360. The number of rotatable bonds is 7. The summed E-state index contributed by atoms with van der Waals surface area (Å²) in [5, 5.41) is 15.0. The summed E-state index contributed by atoms with van der Waals surface area (Å²) < 4.78 is 28.8. The summed E-state index contributed by atoms with van der Waals surface area (Å²) >= 11 is 0. The molecular formula is C40H44FN11O3. The molecule has 4 bridgehead atoms. The van der Waals surface area contributed by atoms with E-state index in [0.29, 0.717) is 54.3 Å². The van der Waals surface area contributed by atoms with Gasteiger partial charge in [0.05, 0.1) is 43.1 Å². The quantitative estimate of drug-likeness (QED) is 0.249. The van der Waals surface area contributed by atoms with Gasteiger partial charge in [0.25, 0.3) is 0 Å². The Kier molecular flexibility index (Phi) is 9.48. The number of ether oxygens (including phenoxy) is 2. The topological polar surface area (TPSA) is 132 Å². The van der Waals surface area contributed by atoms with Crippen LogP contribution < -0.4 is 15.0 Å². The van der Waals surface area contributed by atoms with Crippen LogP contribution >= 0.6 is 0 Å². The van der Waals surface area contributed by atoms with Gasteiger partial charge in [-0.15, -0.1) is 0 Å². The fraction of sp³-hybridized carbons (Fsp3) is 0.400. The number of benzene rings is 2. The first kappa shape index (κ1) is 35.1. The number of hydrogen-bond acceptors (Lipinski definition) is 11. The number of aromatic nitrogens is 7. The molecule has 14 nitrogen and oxygen atoms in total. The summed E-state index contributed by atoms with van der Waals surface area (Å²) in [4.78, 5) is 36.1. The minimum Gasteiger partial charge on any atom is -0.494 e. The SMILES string of the molecule is COc1cc(F)ccc1-n1ncc2c(N3C[C@@H]4C[C@H]3C(=O)N(CCCN3CCOCC3)CCCc3c5c(cccc5nn3C)-c3cccc(n3)N4)ncnc21. The predicted molar refractivity (Wildman–Crippen MR) is 207 cm³/mol. The number of carbonyl (C=O) groups is 1. The largest absolute Gasteiger partial charge is 0.494 e. The molecule has 4 aromatic heterocycles. The van der Waals surface area contributed by atoms with Gasteiger partial charge in [-0.3, -0.25) is 14.4 Å². The first-order valence-corrected chi connectivity index (χ1v) is 19.0. The number of amides is 1. The third-order valence-corrected chi connectivity index (χ3v) is 11.1. The van der Waals surface area contributed by atoms with Gasteiger partial charge in [-0.25, -0.2) is 24.0 Å². The van der Waals surface area contributed by atoms with Crippen molar-refractivity contribution < 1.29 is 18.7 Å². The number of carbonyl (C=O) groups excluding carboxylic acids is 1. The number of methoxy groups -OCH3 is 1. The smallest absolute Gasteiger partial charge is 0.245 e. The van der Waals surface area contributed by atoms with Crippen molar-refractivity contribution in [3.8, 4) is 22.7 Å². The molecule has 2 fully saturated rings. The second kappa shape index (κ2) is 14.9. The van der Waals surface area contributed by atoms with Gasteiger partial charge in [0.1, 0.15) is 41.3 Å². The van der Waals surface area contributed by atoms with Crippen LogP contribution in [0.5, 0.6) is 5.75 Å². The molecular weight excluding hydrogens is 702 g/mol. The number of nitrogens with zero attached hydrogens (tertiary/aromatic N) is 10. The Morgan fingerprint density at radius 3 is 2.78 bits per heavy atom. The minimum absolute atomic E-state index is 0.0674. The van der Waals surface area contributed by atoms with Crippen LogP contribution in [0.3, 0.4) is 0 Å². The van der Waals surface area contributed by atoms with Gasteiger partial charge >= 0.3 is 0 Å². The third kappa shape index (κ3) is 6.71. The van der Waals surface area contributed by atoms with Gasteiger partial charge in [-0.1, -0.05) is 18.2 Å². The van der Waals surface area contributed by atoms with Crippen molar-refractivity contribution in [1.82, 2.24) is 44.3 Å². The van der Waals surface area contributed by atoms with Crippen LogP contribution in [0.2, 0.25) is 0 Å². The van der Waals surface area contributed by atoms with E-state index in [9.17, 15) is 4.39 Å². The van der Waals surface area contributed by atoms with Crippen molar-refractivity contribution >= 4 is 39.5 Å². The molecule has 1 amide bonds. The molecule has 2 saturated heterocycles. The molecule has 55 heavy (non-hydrogen) atoms. The lowest BCUT2D eigenvalue weighted by Crippen LogP contribution is -2.47. The Morgan fingerprint density at radius 2 is 1.91 bits per heavy atom. The molecule has 9 rings (SSSR count). The average Bonchev–Trinajstić information content (AvgIpc) is 3.92. The maximum absolute atomic E-state index is 15.0. The van der Waals surface area contributed by atoms with Gasteiger partial charge in [0.15, 0.2) is 5.65 Å². The molecule has 0 unspecified atom stereocenters. The number of aryl methyl sites for hydroxylation is 2. The number of fused-ring (bicyclic) bond motifs is 6. The molecule has 15 heteroatoms. The second-order valence-corrected chi connectivity index (χ2v) is 14.5. The summed E-state index contributed by atoms with van der Waals surface area (Å²) in [6, 6.07) is 15.9. The number of anilines is 2. The van der Waals surface area contributed by atoms with E-state index < -0.39 is 11.9 Å². The number of hydrogen-bond donors (Lipinski definition) is 1. The number of morpholine rings is 1. The lowest BCUT2D eigenvalue weighted by Gasteiger charge is -2.32. The van der Waals surface area contributed by atoms with Crippen LogP contribution in [0.25, 0.3) is 38.9 Å². The van der Waals surface area contributed by atoms with Crippen molar-refractivity contribution in [2.45, 2.75) is 37.8 Å². The van der Waals surface area contributed by atoms with Crippen LogP contribution in [-0.4, -0.2) is 122 Å². The van der Waals surface area contributed by atoms with Gasteiger partial charge in [0.2, 0.25) is 5.91 Å². The van der Waals surface area contributed by atoms with Crippen LogP contribution in [0.1, 0.15) is 25.0 Å². The molecule has 3 aliphatic heterocycles. The number of pyridine rings is 1. The van der Waals surface area contributed by atoms with E-state index in [1.165, 1.54) is 25.6 Å². The Labute approximate surface area is 317 Å². The molecule has 1 N–H and O–H groups in total. The molecule has 0 spiro atoms. The van der Waals surface area contributed by atoms with Crippen molar-refractivity contribution in [1.29, 1.82) is 0 Å². The number of nitrogens with one attached hydrogen (secondary N) is 1. The summed E-state index contributed by atoms with van der Waals surface area (Å²) in [6.45, 7) is 5.94. The molecule has 0 radical (unpaired) electrons. The molecule has 2 atom stereocenters. The highest BCUT2D eigenvalue weighted by Crippen LogP contribution is 2.36. The molecule has 0 saturated carbocycles. The van der Waals surface area contributed by atoms with E-state index in [2.05, 4.69) is 42.2 Å². The highest BCUT2D eigenvalue weighted by Gasteiger charge is 2.41. The number of halogens is 1. The van der Waals surface area contributed by atoms with E-state index in [0.717, 1.165) is 85.8 Å². The van der Waals surface area contributed by atoms with Crippen molar-refractivity contribution in [2.24, 2.45) is 7.05 Å². The molecule has 284 valence electrons. The lowest BCUT2D eigenvalue weighted by atomic mass is 10.0. The summed E-state index contributed by atoms with van der Waals surface area (Å²) in [5.74, 6) is 1.33. The van der Waals surface area contributed by atoms with E-state index in [1.807, 2.05) is 36.0 Å². The fourth-order valence-electron chi connectivity index (χ4n) is 8.45. The monoisotopic (exact) mass is 745 g/mol. The van der Waals surface area contributed by atoms with Crippen molar-refractivity contribution in [3.05, 3.63) is 78.6 Å². The third-order valence-electron chi connectivity index (χ3n) is 11.1.